The van der Waals surface area contributed by atoms with Crippen LogP contribution in [0, 0.1) is 0 Å². The molecule has 1 aliphatic heterocycles. The topological polar surface area (TPSA) is 55.5 Å². The summed E-state index contributed by atoms with van der Waals surface area (Å²) in [5, 5.41) is 8.98. The minimum atomic E-state index is 0.0481. The maximum absolute atomic E-state index is 8.98. The van der Waals surface area contributed by atoms with Gasteiger partial charge in [0.25, 0.3) is 0 Å². The van der Waals surface area contributed by atoms with E-state index in [0.29, 0.717) is 0 Å². The molecule has 0 spiro atoms. The van der Waals surface area contributed by atoms with Gasteiger partial charge in [-0.1, -0.05) is 6.92 Å². The Kier molecular flexibility index (Phi) is 3.38. The molecular formula is C11H17NO3. The fourth-order valence-electron chi connectivity index (χ4n) is 1.74. The van der Waals surface area contributed by atoms with Crippen LogP contribution < -0.4 is 0 Å². The highest BCUT2D eigenvalue weighted by Crippen LogP contribution is 2.19. The molecule has 1 aliphatic rings. The first kappa shape index (κ1) is 10.6. The minimum absolute atomic E-state index is 0.0481. The van der Waals surface area contributed by atoms with Crippen LogP contribution in [0.5, 0.6) is 0 Å². The van der Waals surface area contributed by atoms with Crippen LogP contribution in [0.3, 0.4) is 0 Å². The van der Waals surface area contributed by atoms with Gasteiger partial charge in [0.15, 0.2) is 5.89 Å². The lowest BCUT2D eigenvalue weighted by Crippen LogP contribution is -2.09. The monoisotopic (exact) mass is 211 g/mol. The maximum Gasteiger partial charge on any atom is 0.196 e. The van der Waals surface area contributed by atoms with Crippen LogP contribution in [0.15, 0.2) is 10.7 Å². The number of rotatable bonds is 4. The maximum atomic E-state index is 8.98. The van der Waals surface area contributed by atoms with Gasteiger partial charge >= 0.3 is 0 Å². The molecule has 2 unspecified atom stereocenters. The van der Waals surface area contributed by atoms with Crippen molar-refractivity contribution in [3.63, 3.8) is 0 Å². The van der Waals surface area contributed by atoms with Crippen molar-refractivity contribution >= 4 is 0 Å². The highest BCUT2D eigenvalue weighted by atomic mass is 16.5. The molecule has 1 saturated heterocycles. The number of hydrogen-bond donors (Lipinski definition) is 1. The molecule has 2 rings (SSSR count). The molecule has 1 fully saturated rings. The van der Waals surface area contributed by atoms with Crippen molar-refractivity contribution < 1.29 is 14.3 Å². The average Bonchev–Trinajstić information content (AvgIpc) is 2.88. The predicted molar refractivity (Wildman–Crippen MR) is 54.7 cm³/mol. The lowest BCUT2D eigenvalue weighted by atomic mass is 10.1. The summed E-state index contributed by atoms with van der Waals surface area (Å²) in [6.07, 6.45) is 4.86. The van der Waals surface area contributed by atoms with E-state index in [-0.39, 0.29) is 18.6 Å². The Balaban J connectivity index is 1.94. The third kappa shape index (κ3) is 2.58. The average molecular weight is 211 g/mol. The quantitative estimate of drug-likeness (QED) is 0.819. The molecule has 0 bridgehead atoms. The zero-order valence-electron chi connectivity index (χ0n) is 8.98. The number of aliphatic hydroxyl groups excluding tert-OH is 1. The van der Waals surface area contributed by atoms with Gasteiger partial charge in [0.1, 0.15) is 6.26 Å². The Labute approximate surface area is 89.3 Å². The number of ether oxygens (including phenoxy) is 1. The molecule has 15 heavy (non-hydrogen) atoms. The summed E-state index contributed by atoms with van der Waals surface area (Å²) < 4.78 is 10.9. The molecule has 0 aliphatic carbocycles. The van der Waals surface area contributed by atoms with Crippen molar-refractivity contribution in [1.82, 2.24) is 4.98 Å². The smallest absolute Gasteiger partial charge is 0.196 e. The van der Waals surface area contributed by atoms with E-state index in [1.165, 1.54) is 0 Å². The first-order chi connectivity index (χ1) is 7.29. The Morgan fingerprint density at radius 2 is 2.53 bits per heavy atom. The van der Waals surface area contributed by atoms with Crippen molar-refractivity contribution in [3.8, 4) is 0 Å². The molecule has 1 N–H and O–H groups in total. The van der Waals surface area contributed by atoms with E-state index in [4.69, 9.17) is 14.3 Å². The zero-order valence-corrected chi connectivity index (χ0v) is 8.98. The van der Waals surface area contributed by atoms with Crippen LogP contribution in [0.25, 0.3) is 0 Å². The van der Waals surface area contributed by atoms with Gasteiger partial charge in [0.2, 0.25) is 0 Å². The van der Waals surface area contributed by atoms with Crippen LogP contribution in [0.4, 0.5) is 0 Å². The summed E-state index contributed by atoms with van der Waals surface area (Å²) in [6, 6.07) is 0. The van der Waals surface area contributed by atoms with Crippen molar-refractivity contribution in [2.75, 3.05) is 13.2 Å². The van der Waals surface area contributed by atoms with Crippen molar-refractivity contribution in [2.45, 2.75) is 38.2 Å². The van der Waals surface area contributed by atoms with Gasteiger partial charge in [0.05, 0.1) is 24.8 Å². The second-order valence-electron chi connectivity index (χ2n) is 4.09. The lowest BCUT2D eigenvalue weighted by Gasteiger charge is -2.05. The molecule has 1 aromatic heterocycles. The lowest BCUT2D eigenvalue weighted by molar-refractivity contribution is 0.106. The van der Waals surface area contributed by atoms with Gasteiger partial charge in [0, 0.05) is 12.5 Å². The fourth-order valence-corrected chi connectivity index (χ4v) is 1.74. The SMILES string of the molecule is CC(CO)c1coc(CC2CCCO2)n1. The highest BCUT2D eigenvalue weighted by Gasteiger charge is 2.19. The second-order valence-corrected chi connectivity index (χ2v) is 4.09. The molecule has 0 radical (unpaired) electrons. The zero-order chi connectivity index (χ0) is 10.7. The molecule has 0 amide bonds. The summed E-state index contributed by atoms with van der Waals surface area (Å²) in [4.78, 5) is 4.34. The van der Waals surface area contributed by atoms with Crippen molar-refractivity contribution in [3.05, 3.63) is 17.8 Å². The predicted octanol–water partition coefficient (Wildman–Crippen LogP) is 1.49. The molecule has 0 saturated carbocycles. The van der Waals surface area contributed by atoms with Gasteiger partial charge in [-0.25, -0.2) is 4.98 Å². The Hall–Kier alpha value is -0.870. The molecule has 0 aromatic carbocycles. The molecule has 2 heterocycles. The molecular weight excluding hydrogens is 194 g/mol. The molecule has 2 atom stereocenters. The van der Waals surface area contributed by atoms with E-state index < -0.39 is 0 Å². The van der Waals surface area contributed by atoms with Crippen LogP contribution in [0.2, 0.25) is 0 Å². The van der Waals surface area contributed by atoms with Gasteiger partial charge in [-0.05, 0) is 12.8 Å². The standard InChI is InChI=1S/C11H17NO3/c1-8(6-13)10-7-15-11(12-10)5-9-3-2-4-14-9/h7-9,13H,2-6H2,1H3. The number of aliphatic hydroxyl groups is 1. The van der Waals surface area contributed by atoms with Gasteiger partial charge < -0.3 is 14.3 Å². The summed E-state index contributed by atoms with van der Waals surface area (Å²) in [6.45, 7) is 2.88. The third-order valence-electron chi connectivity index (χ3n) is 2.77. The summed E-state index contributed by atoms with van der Waals surface area (Å²) in [5.74, 6) is 0.768. The number of nitrogens with zero attached hydrogens (tertiary/aromatic N) is 1. The molecule has 84 valence electrons. The van der Waals surface area contributed by atoms with Crippen LogP contribution in [-0.2, 0) is 11.2 Å². The summed E-state index contributed by atoms with van der Waals surface area (Å²) >= 11 is 0. The third-order valence-corrected chi connectivity index (χ3v) is 2.77. The molecule has 4 heteroatoms. The Morgan fingerprint density at radius 3 is 3.20 bits per heavy atom. The van der Waals surface area contributed by atoms with Gasteiger partial charge in [-0.2, -0.15) is 0 Å². The minimum Gasteiger partial charge on any atom is -0.449 e. The van der Waals surface area contributed by atoms with E-state index in [1.807, 2.05) is 6.92 Å². The highest BCUT2D eigenvalue weighted by molar-refractivity contribution is 5.03. The van der Waals surface area contributed by atoms with Crippen LogP contribution >= 0.6 is 0 Å². The Morgan fingerprint density at radius 1 is 1.67 bits per heavy atom. The number of hydrogen-bond acceptors (Lipinski definition) is 4. The van der Waals surface area contributed by atoms with Crippen LogP contribution in [0.1, 0.15) is 37.3 Å². The molecule has 4 nitrogen and oxygen atoms in total. The summed E-state index contributed by atoms with van der Waals surface area (Å²) in [7, 11) is 0. The van der Waals surface area contributed by atoms with Crippen molar-refractivity contribution in [1.29, 1.82) is 0 Å². The normalized spacial score (nSPS) is 23.2. The van der Waals surface area contributed by atoms with E-state index in [0.717, 1.165) is 37.5 Å². The largest absolute Gasteiger partial charge is 0.449 e. The van der Waals surface area contributed by atoms with E-state index in [2.05, 4.69) is 4.98 Å². The van der Waals surface area contributed by atoms with E-state index >= 15 is 0 Å². The molecule has 1 aromatic rings. The second kappa shape index (κ2) is 4.77. The van der Waals surface area contributed by atoms with Gasteiger partial charge in [-0.15, -0.1) is 0 Å². The Bertz CT molecular complexity index is 305. The van der Waals surface area contributed by atoms with Crippen molar-refractivity contribution in [2.24, 2.45) is 0 Å². The number of aromatic nitrogens is 1. The first-order valence-corrected chi connectivity index (χ1v) is 5.46. The van der Waals surface area contributed by atoms with Gasteiger partial charge in [-0.3, -0.25) is 0 Å². The van der Waals surface area contributed by atoms with Crippen LogP contribution in [-0.4, -0.2) is 29.4 Å². The first-order valence-electron chi connectivity index (χ1n) is 5.46. The fraction of sp³-hybridized carbons (Fsp3) is 0.727. The van der Waals surface area contributed by atoms with E-state index in [9.17, 15) is 0 Å². The number of oxazole rings is 1. The van der Waals surface area contributed by atoms with E-state index in [1.54, 1.807) is 6.26 Å². The summed E-state index contributed by atoms with van der Waals surface area (Å²) in [5.41, 5.74) is 0.825.